The van der Waals surface area contributed by atoms with E-state index in [1.807, 2.05) is 6.07 Å². The highest BCUT2D eigenvalue weighted by atomic mass is 127. The number of carbonyl (C=O) groups excluding carboxylic acids is 1. The van der Waals surface area contributed by atoms with Crippen molar-refractivity contribution in [1.82, 2.24) is 5.32 Å². The summed E-state index contributed by atoms with van der Waals surface area (Å²) >= 11 is 8.19. The number of nitrogens with one attached hydrogen (secondary N) is 1. The van der Waals surface area contributed by atoms with E-state index < -0.39 is 0 Å². The predicted molar refractivity (Wildman–Crippen MR) is 84.6 cm³/mol. The lowest BCUT2D eigenvalue weighted by Gasteiger charge is -2.28. The molecule has 1 fully saturated rings. The molecule has 1 heterocycles. The van der Waals surface area contributed by atoms with Gasteiger partial charge in [0, 0.05) is 28.4 Å². The minimum atomic E-state index is -0.0581. The van der Waals surface area contributed by atoms with Crippen molar-refractivity contribution >= 4 is 40.1 Å². The zero-order valence-corrected chi connectivity index (χ0v) is 13.7. The average molecular weight is 394 g/mol. The van der Waals surface area contributed by atoms with Crippen LogP contribution in [0.2, 0.25) is 5.02 Å². The maximum absolute atomic E-state index is 12.2. The first-order valence-corrected chi connectivity index (χ1v) is 7.87. The fourth-order valence-electron chi connectivity index (χ4n) is 2.26. The summed E-state index contributed by atoms with van der Waals surface area (Å²) in [6.07, 6.45) is 2.02. The highest BCUT2D eigenvalue weighted by Crippen LogP contribution is 2.21. The van der Waals surface area contributed by atoms with E-state index in [0.717, 1.165) is 29.6 Å². The molecule has 0 aromatic heterocycles. The fraction of sp³-hybridized carbons (Fsp3) is 0.500. The molecule has 0 bridgehead atoms. The first-order chi connectivity index (χ1) is 9.08. The third-order valence-corrected chi connectivity index (χ3v) is 5.09. The van der Waals surface area contributed by atoms with E-state index in [1.165, 1.54) is 0 Å². The molecule has 1 amide bonds. The van der Waals surface area contributed by atoms with Crippen molar-refractivity contribution in [2.75, 3.05) is 13.2 Å². The molecular formula is C14H17ClINO2. The molecule has 1 aliphatic rings. The molecule has 104 valence electrons. The Balaban J connectivity index is 1.97. The third-order valence-electron chi connectivity index (χ3n) is 3.51. The summed E-state index contributed by atoms with van der Waals surface area (Å²) in [5.74, 6) is 0.439. The van der Waals surface area contributed by atoms with Gasteiger partial charge in [-0.25, -0.2) is 0 Å². The smallest absolute Gasteiger partial charge is 0.251 e. The van der Waals surface area contributed by atoms with Crippen LogP contribution in [0, 0.1) is 9.49 Å². The number of amides is 1. The third kappa shape index (κ3) is 4.07. The molecule has 1 aromatic rings. The van der Waals surface area contributed by atoms with Crippen LogP contribution in [0.3, 0.4) is 0 Å². The van der Waals surface area contributed by atoms with Gasteiger partial charge >= 0.3 is 0 Å². The molecule has 0 saturated carbocycles. The van der Waals surface area contributed by atoms with Gasteiger partial charge in [-0.05, 0) is 66.5 Å². The van der Waals surface area contributed by atoms with Crippen molar-refractivity contribution in [1.29, 1.82) is 0 Å². The monoisotopic (exact) mass is 393 g/mol. The second-order valence-electron chi connectivity index (χ2n) is 4.84. The van der Waals surface area contributed by atoms with Gasteiger partial charge in [0.05, 0.1) is 5.02 Å². The minimum Gasteiger partial charge on any atom is -0.381 e. The number of hydrogen-bond acceptors (Lipinski definition) is 2. The van der Waals surface area contributed by atoms with Crippen molar-refractivity contribution in [3.63, 3.8) is 0 Å². The lowest BCUT2D eigenvalue weighted by Crippen LogP contribution is -2.40. The minimum absolute atomic E-state index is 0.0581. The molecule has 1 N–H and O–H groups in total. The Morgan fingerprint density at radius 2 is 2.16 bits per heavy atom. The zero-order chi connectivity index (χ0) is 13.8. The summed E-state index contributed by atoms with van der Waals surface area (Å²) in [6.45, 7) is 3.64. The summed E-state index contributed by atoms with van der Waals surface area (Å²) in [4.78, 5) is 12.2. The van der Waals surface area contributed by atoms with Gasteiger partial charge in [-0.3, -0.25) is 4.79 Å². The molecule has 19 heavy (non-hydrogen) atoms. The number of ether oxygens (including phenoxy) is 1. The molecule has 0 spiro atoms. The molecule has 0 radical (unpaired) electrons. The van der Waals surface area contributed by atoms with Crippen LogP contribution in [-0.2, 0) is 4.74 Å². The molecule has 1 atom stereocenters. The second-order valence-corrected chi connectivity index (χ2v) is 6.41. The van der Waals surface area contributed by atoms with Crippen LogP contribution in [0.25, 0.3) is 0 Å². The van der Waals surface area contributed by atoms with Crippen molar-refractivity contribution in [2.45, 2.75) is 25.8 Å². The van der Waals surface area contributed by atoms with Crippen LogP contribution in [-0.4, -0.2) is 25.2 Å². The highest BCUT2D eigenvalue weighted by Gasteiger charge is 2.22. The number of hydrogen-bond donors (Lipinski definition) is 1. The Bertz CT molecular complexity index is 461. The second kappa shape index (κ2) is 6.90. The van der Waals surface area contributed by atoms with Crippen LogP contribution >= 0.6 is 34.2 Å². The van der Waals surface area contributed by atoms with Gasteiger partial charge in [0.2, 0.25) is 0 Å². The van der Waals surface area contributed by atoms with Crippen LogP contribution in [0.5, 0.6) is 0 Å². The van der Waals surface area contributed by atoms with Crippen molar-refractivity contribution < 1.29 is 9.53 Å². The van der Waals surface area contributed by atoms with Gasteiger partial charge in [0.15, 0.2) is 0 Å². The van der Waals surface area contributed by atoms with Gasteiger partial charge in [-0.2, -0.15) is 0 Å². The Hall–Kier alpha value is -0.330. The topological polar surface area (TPSA) is 38.3 Å². The molecule has 0 aliphatic carbocycles. The summed E-state index contributed by atoms with van der Waals surface area (Å²) in [5.41, 5.74) is 0.615. The van der Waals surface area contributed by atoms with Gasteiger partial charge in [-0.1, -0.05) is 11.6 Å². The molecule has 2 rings (SSSR count). The predicted octanol–water partition coefficient (Wildman–Crippen LogP) is 3.49. The summed E-state index contributed by atoms with van der Waals surface area (Å²) < 4.78 is 6.29. The molecule has 1 aromatic carbocycles. The largest absolute Gasteiger partial charge is 0.381 e. The molecule has 3 nitrogen and oxygen atoms in total. The normalized spacial score (nSPS) is 18.1. The number of carbonyl (C=O) groups is 1. The molecule has 1 aliphatic heterocycles. The summed E-state index contributed by atoms with van der Waals surface area (Å²) in [6, 6.07) is 5.54. The van der Waals surface area contributed by atoms with Gasteiger partial charge < -0.3 is 10.1 Å². The van der Waals surface area contributed by atoms with E-state index >= 15 is 0 Å². The zero-order valence-electron chi connectivity index (χ0n) is 10.8. The summed E-state index contributed by atoms with van der Waals surface area (Å²) in [5, 5.41) is 3.67. The molecule has 5 heteroatoms. The van der Waals surface area contributed by atoms with E-state index in [1.54, 1.807) is 12.1 Å². The SMILES string of the molecule is CC(NC(=O)c1ccc(I)c(Cl)c1)C1CCOCC1. The molecular weight excluding hydrogens is 377 g/mol. The van der Waals surface area contributed by atoms with Crippen molar-refractivity contribution in [3.05, 3.63) is 32.4 Å². The number of halogens is 2. The Kier molecular flexibility index (Phi) is 5.47. The summed E-state index contributed by atoms with van der Waals surface area (Å²) in [7, 11) is 0. The van der Waals surface area contributed by atoms with Crippen LogP contribution in [0.4, 0.5) is 0 Å². The van der Waals surface area contributed by atoms with Crippen molar-refractivity contribution in [2.24, 2.45) is 5.92 Å². The van der Waals surface area contributed by atoms with E-state index in [-0.39, 0.29) is 11.9 Å². The Morgan fingerprint density at radius 3 is 2.79 bits per heavy atom. The molecule has 1 saturated heterocycles. The first-order valence-electron chi connectivity index (χ1n) is 6.41. The number of benzene rings is 1. The molecule has 1 unspecified atom stereocenters. The van der Waals surface area contributed by atoms with Gasteiger partial charge in [-0.15, -0.1) is 0 Å². The lowest BCUT2D eigenvalue weighted by atomic mass is 9.93. The maximum atomic E-state index is 12.2. The van der Waals surface area contributed by atoms with E-state index in [2.05, 4.69) is 34.8 Å². The van der Waals surface area contributed by atoms with E-state index in [4.69, 9.17) is 16.3 Å². The highest BCUT2D eigenvalue weighted by molar-refractivity contribution is 14.1. The van der Waals surface area contributed by atoms with Gasteiger partial charge in [0.1, 0.15) is 0 Å². The Morgan fingerprint density at radius 1 is 1.47 bits per heavy atom. The Labute approximate surface area is 132 Å². The van der Waals surface area contributed by atoms with Gasteiger partial charge in [0.25, 0.3) is 5.91 Å². The van der Waals surface area contributed by atoms with Crippen LogP contribution < -0.4 is 5.32 Å². The maximum Gasteiger partial charge on any atom is 0.251 e. The fourth-order valence-corrected chi connectivity index (χ4v) is 2.78. The average Bonchev–Trinajstić information content (AvgIpc) is 2.42. The van der Waals surface area contributed by atoms with E-state index in [0.29, 0.717) is 16.5 Å². The first kappa shape index (κ1) is 15.1. The standard InChI is InChI=1S/C14H17ClINO2/c1-9(10-4-6-19-7-5-10)17-14(18)11-2-3-13(16)12(15)8-11/h2-3,8-10H,4-7H2,1H3,(H,17,18). The van der Waals surface area contributed by atoms with E-state index in [9.17, 15) is 4.79 Å². The quantitative estimate of drug-likeness (QED) is 0.799. The van der Waals surface area contributed by atoms with Crippen LogP contribution in [0.1, 0.15) is 30.1 Å². The van der Waals surface area contributed by atoms with Crippen molar-refractivity contribution in [3.8, 4) is 0 Å². The number of rotatable bonds is 3. The lowest BCUT2D eigenvalue weighted by molar-refractivity contribution is 0.0538. The van der Waals surface area contributed by atoms with Crippen LogP contribution in [0.15, 0.2) is 18.2 Å².